The van der Waals surface area contributed by atoms with E-state index in [-0.39, 0.29) is 44.4 Å². The van der Waals surface area contributed by atoms with Crippen LogP contribution in [0.15, 0.2) is 78.5 Å². The zero-order chi connectivity index (χ0) is 37.3. The van der Waals surface area contributed by atoms with Crippen molar-refractivity contribution in [3.8, 4) is 23.0 Å². The molecular weight excluding hydrogens is 668 g/mol. The molecule has 12 heteroatoms. The summed E-state index contributed by atoms with van der Waals surface area (Å²) in [6.07, 6.45) is 0.912. The van der Waals surface area contributed by atoms with Crippen LogP contribution in [0.2, 0.25) is 0 Å². The summed E-state index contributed by atoms with van der Waals surface area (Å²) in [4.78, 5) is 43.5. The van der Waals surface area contributed by atoms with E-state index in [1.807, 2.05) is 67.6 Å². The van der Waals surface area contributed by atoms with Crippen LogP contribution in [0, 0.1) is 11.3 Å². The van der Waals surface area contributed by atoms with E-state index in [9.17, 15) is 14.4 Å². The minimum atomic E-state index is -1.34. The number of nitrogens with zero attached hydrogens (tertiary/aromatic N) is 1. The molecule has 0 aliphatic carbocycles. The lowest BCUT2D eigenvalue weighted by Crippen LogP contribution is -2.60. The number of amides is 2. The lowest BCUT2D eigenvalue weighted by Gasteiger charge is -2.51. The Balaban J connectivity index is 1.42. The van der Waals surface area contributed by atoms with E-state index < -0.39 is 29.5 Å². The van der Waals surface area contributed by atoms with Crippen LogP contribution in [0.4, 0.5) is 0 Å². The predicted molar refractivity (Wildman–Crippen MR) is 192 cm³/mol. The summed E-state index contributed by atoms with van der Waals surface area (Å²) in [5.41, 5.74) is 1.86. The van der Waals surface area contributed by atoms with Gasteiger partial charge in [-0.15, -0.1) is 0 Å². The third kappa shape index (κ3) is 8.35. The normalized spacial score (nSPS) is 21.0. The van der Waals surface area contributed by atoms with Crippen LogP contribution in [-0.2, 0) is 48.2 Å². The van der Waals surface area contributed by atoms with Gasteiger partial charge in [-0.2, -0.15) is 0 Å². The summed E-state index contributed by atoms with van der Waals surface area (Å²) < 4.78 is 39.5. The highest BCUT2D eigenvalue weighted by Crippen LogP contribution is 2.50. The molecule has 1 fully saturated rings. The molecule has 0 unspecified atom stereocenters. The minimum absolute atomic E-state index is 0.0414. The third-order valence-corrected chi connectivity index (χ3v) is 9.73. The fourth-order valence-electron chi connectivity index (χ4n) is 7.01. The quantitative estimate of drug-likeness (QED) is 0.205. The average molecular weight is 717 g/mol. The summed E-state index contributed by atoms with van der Waals surface area (Å²) in [6, 6.07) is 20.7. The Labute approximate surface area is 304 Å². The Morgan fingerprint density at radius 2 is 1.48 bits per heavy atom. The van der Waals surface area contributed by atoms with E-state index in [1.165, 1.54) is 7.11 Å². The van der Waals surface area contributed by atoms with Crippen molar-refractivity contribution in [1.29, 1.82) is 0 Å². The molecular formula is C40H48N2O10. The second kappa shape index (κ2) is 17.4. The van der Waals surface area contributed by atoms with Crippen molar-refractivity contribution in [1.82, 2.24) is 10.2 Å². The van der Waals surface area contributed by atoms with Crippen LogP contribution < -0.4 is 24.3 Å². The van der Waals surface area contributed by atoms with Crippen LogP contribution in [0.25, 0.3) is 0 Å². The Bertz CT molecular complexity index is 1750. The molecule has 3 aromatic rings. The number of esters is 1. The Morgan fingerprint density at radius 3 is 2.12 bits per heavy atom. The zero-order valence-corrected chi connectivity index (χ0v) is 30.6. The van der Waals surface area contributed by atoms with E-state index >= 15 is 0 Å². The number of fused-ring (bicyclic) bond motifs is 1. The second-order valence-electron chi connectivity index (χ2n) is 12.8. The highest BCUT2D eigenvalue weighted by molar-refractivity contribution is 5.92. The summed E-state index contributed by atoms with van der Waals surface area (Å²) >= 11 is 0. The van der Waals surface area contributed by atoms with Crippen LogP contribution >= 0.6 is 0 Å². The molecule has 52 heavy (non-hydrogen) atoms. The van der Waals surface area contributed by atoms with E-state index in [4.69, 9.17) is 33.2 Å². The number of hydrogen-bond donors (Lipinski definition) is 1. The van der Waals surface area contributed by atoms with Crippen molar-refractivity contribution >= 4 is 17.8 Å². The summed E-state index contributed by atoms with van der Waals surface area (Å²) in [6.45, 7) is 2.83. The molecule has 2 amide bonds. The highest BCUT2D eigenvalue weighted by atomic mass is 16.6. The molecule has 0 bridgehead atoms. The second-order valence-corrected chi connectivity index (χ2v) is 12.8. The molecule has 12 nitrogen and oxygen atoms in total. The van der Waals surface area contributed by atoms with Gasteiger partial charge in [-0.05, 0) is 66.8 Å². The minimum Gasteiger partial charge on any atom is -0.493 e. The van der Waals surface area contributed by atoms with Crippen molar-refractivity contribution in [3.05, 3.63) is 95.2 Å². The maximum atomic E-state index is 14.5. The lowest BCUT2D eigenvalue weighted by atomic mass is 9.66. The van der Waals surface area contributed by atoms with Gasteiger partial charge in [-0.3, -0.25) is 14.4 Å². The fourth-order valence-corrected chi connectivity index (χ4v) is 7.01. The van der Waals surface area contributed by atoms with Gasteiger partial charge in [-0.1, -0.05) is 42.5 Å². The van der Waals surface area contributed by atoms with Gasteiger partial charge in [0, 0.05) is 31.1 Å². The molecule has 2 aliphatic rings. The van der Waals surface area contributed by atoms with Gasteiger partial charge in [0.1, 0.15) is 11.5 Å². The first-order valence-corrected chi connectivity index (χ1v) is 17.2. The van der Waals surface area contributed by atoms with E-state index in [0.717, 1.165) is 16.7 Å². The number of nitrogens with one attached hydrogen (secondary N) is 1. The zero-order valence-electron chi connectivity index (χ0n) is 30.6. The molecule has 278 valence electrons. The monoisotopic (exact) mass is 716 g/mol. The van der Waals surface area contributed by atoms with E-state index in [1.54, 1.807) is 45.5 Å². The van der Waals surface area contributed by atoms with Crippen LogP contribution in [0.3, 0.4) is 0 Å². The fraction of sp³-hybridized carbons (Fsp3) is 0.425. The third-order valence-electron chi connectivity index (χ3n) is 9.73. The molecule has 2 aliphatic heterocycles. The predicted octanol–water partition coefficient (Wildman–Crippen LogP) is 4.87. The number of carbonyl (C=O) groups excluding carboxylic acids is 3. The van der Waals surface area contributed by atoms with Crippen molar-refractivity contribution in [2.75, 3.05) is 48.7 Å². The van der Waals surface area contributed by atoms with Gasteiger partial charge >= 0.3 is 5.97 Å². The van der Waals surface area contributed by atoms with E-state index in [0.29, 0.717) is 41.7 Å². The number of piperidine rings is 1. The number of likely N-dealkylation sites (tertiary alicyclic amines) is 1. The Hall–Kier alpha value is -5.07. The first kappa shape index (κ1) is 38.2. The molecule has 1 saturated heterocycles. The standard InChI is InChI=1S/C40H48N2O10/c1-26-40(39(45)50-6)22-30(20-37(43)41-23-29-13-15-33(47-3)35(19-29)49-5)38(44)42(17-16-27-12-14-32(46-2)34(18-27)48-4)36(40)21-31(52-26)25-51-24-28-10-8-7-9-11-28/h7-15,18-19,21,26,30-31H,16-17,20,22-25H2,1-6H3,(H,41,43)/t26-,30+,31-,40+/m1/s1. The van der Waals surface area contributed by atoms with Gasteiger partial charge in [-0.25, -0.2) is 0 Å². The van der Waals surface area contributed by atoms with Crippen molar-refractivity contribution < 1.29 is 47.5 Å². The summed E-state index contributed by atoms with van der Waals surface area (Å²) in [5, 5.41) is 2.92. The molecule has 3 aromatic carbocycles. The summed E-state index contributed by atoms with van der Waals surface area (Å²) in [7, 11) is 7.56. The SMILES string of the molecule is COC(=O)[C@]12C[C@H](CC(=O)NCc3ccc(OC)c(OC)c3)C(=O)N(CCc3ccc(OC)c(OC)c3)C1=C[C@H](COCc1ccccc1)O[C@@H]2C. The van der Waals surface area contributed by atoms with Gasteiger partial charge in [0.05, 0.1) is 54.9 Å². The molecule has 2 heterocycles. The van der Waals surface area contributed by atoms with Crippen LogP contribution in [0.1, 0.15) is 36.5 Å². The van der Waals surface area contributed by atoms with Gasteiger partial charge < -0.3 is 43.4 Å². The number of rotatable bonds is 16. The molecule has 0 aromatic heterocycles. The Kier molecular flexibility index (Phi) is 12.8. The number of methoxy groups -OCH3 is 5. The van der Waals surface area contributed by atoms with Crippen molar-refractivity contribution in [2.45, 2.75) is 51.5 Å². The number of hydrogen-bond acceptors (Lipinski definition) is 10. The first-order chi connectivity index (χ1) is 25.2. The van der Waals surface area contributed by atoms with Crippen LogP contribution in [-0.4, -0.2) is 83.6 Å². The van der Waals surface area contributed by atoms with Gasteiger partial charge in [0.25, 0.3) is 0 Å². The largest absolute Gasteiger partial charge is 0.493 e. The lowest BCUT2D eigenvalue weighted by molar-refractivity contribution is -0.178. The van der Waals surface area contributed by atoms with Crippen molar-refractivity contribution in [3.63, 3.8) is 0 Å². The number of carbonyl (C=O) groups is 3. The first-order valence-electron chi connectivity index (χ1n) is 17.2. The molecule has 0 radical (unpaired) electrons. The highest BCUT2D eigenvalue weighted by Gasteiger charge is 2.59. The number of ether oxygens (including phenoxy) is 7. The van der Waals surface area contributed by atoms with Gasteiger partial charge in [0.2, 0.25) is 11.8 Å². The maximum absolute atomic E-state index is 14.5. The maximum Gasteiger partial charge on any atom is 0.320 e. The molecule has 1 N–H and O–H groups in total. The van der Waals surface area contributed by atoms with E-state index in [2.05, 4.69) is 5.32 Å². The number of benzene rings is 3. The van der Waals surface area contributed by atoms with Gasteiger partial charge in [0.15, 0.2) is 23.0 Å². The summed E-state index contributed by atoms with van der Waals surface area (Å²) in [5.74, 6) is 0.303. The molecule has 0 spiro atoms. The topological polar surface area (TPSA) is 131 Å². The smallest absolute Gasteiger partial charge is 0.320 e. The molecule has 5 rings (SSSR count). The average Bonchev–Trinajstić information content (AvgIpc) is 3.17. The Morgan fingerprint density at radius 1 is 0.846 bits per heavy atom. The molecule has 4 atom stereocenters. The van der Waals surface area contributed by atoms with Crippen molar-refractivity contribution in [2.24, 2.45) is 11.3 Å². The van der Waals surface area contributed by atoms with Crippen LogP contribution in [0.5, 0.6) is 23.0 Å². The molecule has 0 saturated carbocycles.